The first-order chi connectivity index (χ1) is 10.8. The molecule has 0 atom stereocenters. The minimum atomic E-state index is -3.92. The lowest BCUT2D eigenvalue weighted by Gasteiger charge is -2.12. The van der Waals surface area contributed by atoms with Crippen molar-refractivity contribution < 1.29 is 27.9 Å². The number of carboxylic acid groups (broad SMARTS) is 1. The molecule has 2 N–H and O–H groups in total. The average molecular weight is 347 g/mol. The topological polar surface area (TPSA) is 128 Å². The van der Waals surface area contributed by atoms with Crippen molar-refractivity contribution in [1.29, 1.82) is 0 Å². The Morgan fingerprint density at radius 2 is 2.04 bits per heavy atom. The van der Waals surface area contributed by atoms with Crippen LogP contribution < -0.4 is 4.72 Å². The van der Waals surface area contributed by atoms with Crippen LogP contribution in [-0.4, -0.2) is 54.1 Å². The standard InChI is InChI=1S/C13H21N3O6S/c1-3-10(4-2)16-6-5-11(14-16)13(19)15-23(20,21)8-7-22-9-12(17)18/h5-6,10H,3-4,7-9H2,1-2H3,(H,15,19)(H,17,18). The van der Waals surface area contributed by atoms with Gasteiger partial charge in [0, 0.05) is 6.20 Å². The molecule has 0 unspecified atom stereocenters. The summed E-state index contributed by atoms with van der Waals surface area (Å²) in [4.78, 5) is 22.2. The molecule has 0 aliphatic heterocycles. The summed E-state index contributed by atoms with van der Waals surface area (Å²) in [6, 6.07) is 1.60. The molecule has 1 heterocycles. The Balaban J connectivity index is 2.59. The van der Waals surface area contributed by atoms with Gasteiger partial charge in [0.2, 0.25) is 10.0 Å². The van der Waals surface area contributed by atoms with Crippen LogP contribution in [0, 0.1) is 0 Å². The van der Waals surface area contributed by atoms with Crippen molar-refractivity contribution in [1.82, 2.24) is 14.5 Å². The minimum absolute atomic E-state index is 0.00642. The van der Waals surface area contributed by atoms with E-state index >= 15 is 0 Å². The van der Waals surface area contributed by atoms with Gasteiger partial charge in [-0.1, -0.05) is 13.8 Å². The second-order valence-electron chi connectivity index (χ2n) is 4.85. The second kappa shape index (κ2) is 8.63. The van der Waals surface area contributed by atoms with E-state index in [0.29, 0.717) is 0 Å². The molecule has 0 saturated heterocycles. The fourth-order valence-electron chi connectivity index (χ4n) is 1.90. The fourth-order valence-corrected chi connectivity index (χ4v) is 2.72. The minimum Gasteiger partial charge on any atom is -0.480 e. The van der Waals surface area contributed by atoms with Gasteiger partial charge in [-0.3, -0.25) is 9.48 Å². The third kappa shape index (κ3) is 6.37. The molecule has 1 aromatic rings. The fraction of sp³-hybridized carbons (Fsp3) is 0.615. The van der Waals surface area contributed by atoms with E-state index in [1.165, 1.54) is 6.07 Å². The van der Waals surface area contributed by atoms with Crippen molar-refractivity contribution in [3.63, 3.8) is 0 Å². The van der Waals surface area contributed by atoms with E-state index in [9.17, 15) is 18.0 Å². The van der Waals surface area contributed by atoms with Crippen molar-refractivity contribution in [3.8, 4) is 0 Å². The third-order valence-corrected chi connectivity index (χ3v) is 4.33. The molecule has 1 amide bonds. The highest BCUT2D eigenvalue weighted by Gasteiger charge is 2.19. The maximum atomic E-state index is 11.9. The Labute approximate surface area is 134 Å². The van der Waals surface area contributed by atoms with Crippen LogP contribution >= 0.6 is 0 Å². The molecule has 0 fully saturated rings. The van der Waals surface area contributed by atoms with Gasteiger partial charge in [0.05, 0.1) is 18.4 Å². The predicted molar refractivity (Wildman–Crippen MR) is 81.6 cm³/mol. The maximum absolute atomic E-state index is 11.9. The summed E-state index contributed by atoms with van der Waals surface area (Å²) in [5.41, 5.74) is 0.00642. The molecule has 0 aliphatic rings. The van der Waals surface area contributed by atoms with Gasteiger partial charge in [0.15, 0.2) is 5.69 Å². The molecule has 10 heteroatoms. The van der Waals surface area contributed by atoms with Crippen LogP contribution in [0.25, 0.3) is 0 Å². The number of rotatable bonds is 10. The van der Waals surface area contributed by atoms with E-state index < -0.39 is 34.3 Å². The van der Waals surface area contributed by atoms with Gasteiger partial charge < -0.3 is 9.84 Å². The normalized spacial score (nSPS) is 11.6. The number of aromatic nitrogens is 2. The van der Waals surface area contributed by atoms with Crippen LogP contribution in [0.4, 0.5) is 0 Å². The molecule has 0 aromatic carbocycles. The zero-order valence-corrected chi connectivity index (χ0v) is 13.9. The number of hydrogen-bond donors (Lipinski definition) is 2. The van der Waals surface area contributed by atoms with Crippen LogP contribution in [0.5, 0.6) is 0 Å². The molecule has 1 rings (SSSR count). The van der Waals surface area contributed by atoms with E-state index in [1.54, 1.807) is 10.9 Å². The zero-order valence-electron chi connectivity index (χ0n) is 13.1. The predicted octanol–water partition coefficient (Wildman–Crippen LogP) is 0.405. The number of nitrogens with one attached hydrogen (secondary N) is 1. The molecule has 1 aromatic heterocycles. The van der Waals surface area contributed by atoms with E-state index in [1.807, 2.05) is 18.6 Å². The van der Waals surface area contributed by atoms with Crippen molar-refractivity contribution in [2.75, 3.05) is 19.0 Å². The molecular weight excluding hydrogens is 326 g/mol. The average Bonchev–Trinajstić information content (AvgIpc) is 2.94. The molecule has 130 valence electrons. The van der Waals surface area contributed by atoms with E-state index in [-0.39, 0.29) is 18.3 Å². The van der Waals surface area contributed by atoms with Gasteiger partial charge in [-0.2, -0.15) is 5.10 Å². The lowest BCUT2D eigenvalue weighted by atomic mass is 10.2. The second-order valence-corrected chi connectivity index (χ2v) is 6.69. The van der Waals surface area contributed by atoms with Gasteiger partial charge in [-0.15, -0.1) is 0 Å². The highest BCUT2D eigenvalue weighted by Crippen LogP contribution is 2.14. The molecule has 0 radical (unpaired) electrons. The van der Waals surface area contributed by atoms with Gasteiger partial charge in [-0.05, 0) is 18.9 Å². The van der Waals surface area contributed by atoms with Crippen LogP contribution in [0.15, 0.2) is 12.3 Å². The summed E-state index contributed by atoms with van der Waals surface area (Å²) in [5.74, 6) is -2.54. The number of carbonyl (C=O) groups is 2. The first-order valence-electron chi connectivity index (χ1n) is 7.18. The smallest absolute Gasteiger partial charge is 0.329 e. The SMILES string of the molecule is CCC(CC)n1ccc(C(=O)NS(=O)(=O)CCOCC(=O)O)n1. The number of carboxylic acids is 1. The summed E-state index contributed by atoms with van der Waals surface area (Å²) in [6.07, 6.45) is 3.33. The third-order valence-electron chi connectivity index (χ3n) is 3.13. The van der Waals surface area contributed by atoms with Crippen molar-refractivity contribution in [2.24, 2.45) is 0 Å². The van der Waals surface area contributed by atoms with Crippen LogP contribution in [0.1, 0.15) is 43.2 Å². The van der Waals surface area contributed by atoms with Crippen LogP contribution in [0.2, 0.25) is 0 Å². The lowest BCUT2D eigenvalue weighted by molar-refractivity contribution is -0.142. The molecule has 0 bridgehead atoms. The first-order valence-corrected chi connectivity index (χ1v) is 8.83. The Morgan fingerprint density at radius 3 is 2.61 bits per heavy atom. The van der Waals surface area contributed by atoms with E-state index in [2.05, 4.69) is 9.84 Å². The van der Waals surface area contributed by atoms with E-state index in [0.717, 1.165) is 12.8 Å². The largest absolute Gasteiger partial charge is 0.480 e. The maximum Gasteiger partial charge on any atom is 0.329 e. The Morgan fingerprint density at radius 1 is 1.39 bits per heavy atom. The Bertz CT molecular complexity index is 636. The number of amides is 1. The highest BCUT2D eigenvalue weighted by atomic mass is 32.2. The summed E-state index contributed by atoms with van der Waals surface area (Å²) in [7, 11) is -3.92. The number of aliphatic carboxylic acids is 1. The molecular formula is C13H21N3O6S. The van der Waals surface area contributed by atoms with Gasteiger partial charge in [0.1, 0.15) is 6.61 Å². The zero-order chi connectivity index (χ0) is 17.5. The molecule has 0 spiro atoms. The lowest BCUT2D eigenvalue weighted by Crippen LogP contribution is -2.34. The number of ether oxygens (including phenoxy) is 1. The molecule has 9 nitrogen and oxygen atoms in total. The number of hydrogen-bond acceptors (Lipinski definition) is 6. The number of carbonyl (C=O) groups excluding carboxylic acids is 1. The van der Waals surface area contributed by atoms with Crippen LogP contribution in [-0.2, 0) is 19.6 Å². The monoisotopic (exact) mass is 347 g/mol. The van der Waals surface area contributed by atoms with E-state index in [4.69, 9.17) is 5.11 Å². The highest BCUT2D eigenvalue weighted by molar-refractivity contribution is 7.90. The number of nitrogens with zero attached hydrogens (tertiary/aromatic N) is 2. The first kappa shape index (κ1) is 19.1. The summed E-state index contributed by atoms with van der Waals surface area (Å²) < 4.78 is 31.6. The molecule has 0 aliphatic carbocycles. The summed E-state index contributed by atoms with van der Waals surface area (Å²) in [6.45, 7) is 3.08. The van der Waals surface area contributed by atoms with Crippen LogP contribution in [0.3, 0.4) is 0 Å². The molecule has 0 saturated carbocycles. The quantitative estimate of drug-likeness (QED) is 0.586. The summed E-state index contributed by atoms with van der Waals surface area (Å²) in [5, 5.41) is 12.5. The van der Waals surface area contributed by atoms with Crippen molar-refractivity contribution >= 4 is 21.9 Å². The van der Waals surface area contributed by atoms with Gasteiger partial charge in [0.25, 0.3) is 5.91 Å². The number of sulfonamides is 1. The van der Waals surface area contributed by atoms with Gasteiger partial charge in [-0.25, -0.2) is 17.9 Å². The van der Waals surface area contributed by atoms with Crippen molar-refractivity contribution in [2.45, 2.75) is 32.7 Å². The molecule has 23 heavy (non-hydrogen) atoms. The van der Waals surface area contributed by atoms with Gasteiger partial charge >= 0.3 is 5.97 Å². The summed E-state index contributed by atoms with van der Waals surface area (Å²) >= 11 is 0. The Kier molecular flexibility index (Phi) is 7.17. The van der Waals surface area contributed by atoms with Crippen molar-refractivity contribution in [3.05, 3.63) is 18.0 Å². The Hall–Kier alpha value is -1.94.